The van der Waals surface area contributed by atoms with Crippen molar-refractivity contribution in [2.45, 2.75) is 6.10 Å². The zero-order valence-corrected chi connectivity index (χ0v) is 11.3. The van der Waals surface area contributed by atoms with E-state index in [0.717, 1.165) is 0 Å². The van der Waals surface area contributed by atoms with Gasteiger partial charge in [-0.15, -0.1) is 0 Å². The van der Waals surface area contributed by atoms with Gasteiger partial charge < -0.3 is 9.84 Å². The number of aliphatic hydroxyl groups excluding tert-OH is 1. The number of aliphatic hydroxyl groups is 1. The van der Waals surface area contributed by atoms with Crippen molar-refractivity contribution in [1.29, 1.82) is 0 Å². The number of rotatable bonds is 2. The molecule has 0 bridgehead atoms. The maximum absolute atomic E-state index is 13.0. The summed E-state index contributed by atoms with van der Waals surface area (Å²) in [4.78, 5) is 23.6. The molecule has 1 N–H and O–H groups in total. The smallest absolute Gasteiger partial charge is 0.380 e. The van der Waals surface area contributed by atoms with Crippen molar-refractivity contribution in [2.24, 2.45) is 0 Å². The third-order valence-electron chi connectivity index (χ3n) is 3.39. The van der Waals surface area contributed by atoms with Crippen LogP contribution in [-0.2, 0) is 14.3 Å². The maximum Gasteiger partial charge on any atom is 0.380 e. The van der Waals surface area contributed by atoms with Gasteiger partial charge in [0.15, 0.2) is 6.10 Å². The average molecular weight is 298 g/mol. The quantitative estimate of drug-likeness (QED) is 0.401. The number of ether oxygens (including phenoxy) is 1. The molecule has 1 fully saturated rings. The fourth-order valence-corrected chi connectivity index (χ4v) is 2.30. The van der Waals surface area contributed by atoms with Crippen LogP contribution in [0.4, 0.5) is 4.39 Å². The van der Waals surface area contributed by atoms with Crippen molar-refractivity contribution in [3.63, 3.8) is 0 Å². The summed E-state index contributed by atoms with van der Waals surface area (Å²) in [6.45, 7) is 0. The largest absolute Gasteiger partial charge is 0.507 e. The third kappa shape index (κ3) is 2.37. The lowest BCUT2D eigenvalue weighted by Gasteiger charge is -2.12. The second-order valence-corrected chi connectivity index (χ2v) is 4.79. The van der Waals surface area contributed by atoms with Gasteiger partial charge in [-0.2, -0.15) is 0 Å². The van der Waals surface area contributed by atoms with Crippen molar-refractivity contribution in [2.75, 3.05) is 0 Å². The summed E-state index contributed by atoms with van der Waals surface area (Å²) >= 11 is 0. The molecule has 1 aliphatic heterocycles. The van der Waals surface area contributed by atoms with E-state index in [1.165, 1.54) is 24.3 Å². The molecule has 22 heavy (non-hydrogen) atoms. The third-order valence-corrected chi connectivity index (χ3v) is 3.39. The Kier molecular flexibility index (Phi) is 3.47. The molecule has 0 aromatic heterocycles. The van der Waals surface area contributed by atoms with Gasteiger partial charge in [-0.25, -0.2) is 9.18 Å². The molecule has 2 aromatic rings. The van der Waals surface area contributed by atoms with Gasteiger partial charge in [-0.3, -0.25) is 4.79 Å². The normalized spacial score (nSPS) is 20.0. The van der Waals surface area contributed by atoms with E-state index in [2.05, 4.69) is 0 Å². The highest BCUT2D eigenvalue weighted by atomic mass is 19.1. The predicted octanol–water partition coefficient (Wildman–Crippen LogP) is 2.96. The van der Waals surface area contributed by atoms with Crippen molar-refractivity contribution in [1.82, 2.24) is 0 Å². The van der Waals surface area contributed by atoms with Gasteiger partial charge in [0.05, 0.1) is 5.57 Å². The predicted molar refractivity (Wildman–Crippen MR) is 76.2 cm³/mol. The van der Waals surface area contributed by atoms with Crippen LogP contribution in [0.3, 0.4) is 0 Å². The second kappa shape index (κ2) is 5.44. The summed E-state index contributed by atoms with van der Waals surface area (Å²) in [5.74, 6) is -2.69. The lowest BCUT2D eigenvalue weighted by molar-refractivity contribution is -0.149. The van der Waals surface area contributed by atoms with Gasteiger partial charge in [0.25, 0.3) is 5.78 Å². The molecule has 3 rings (SSSR count). The van der Waals surface area contributed by atoms with E-state index in [4.69, 9.17) is 4.74 Å². The Hall–Kier alpha value is -2.95. The second-order valence-electron chi connectivity index (χ2n) is 4.79. The van der Waals surface area contributed by atoms with Gasteiger partial charge in [-0.1, -0.05) is 42.5 Å². The lowest BCUT2D eigenvalue weighted by atomic mass is 9.97. The molecular formula is C17H11FO4. The number of carbonyl (C=O) groups is 2. The van der Waals surface area contributed by atoms with Gasteiger partial charge in [0, 0.05) is 5.56 Å². The number of esters is 1. The number of hydrogen-bond acceptors (Lipinski definition) is 4. The van der Waals surface area contributed by atoms with E-state index in [1.807, 2.05) is 0 Å². The molecule has 2 aromatic carbocycles. The van der Waals surface area contributed by atoms with Crippen molar-refractivity contribution >= 4 is 17.5 Å². The molecule has 0 spiro atoms. The van der Waals surface area contributed by atoms with E-state index < -0.39 is 23.7 Å². The zero-order valence-electron chi connectivity index (χ0n) is 11.3. The van der Waals surface area contributed by atoms with E-state index in [0.29, 0.717) is 11.1 Å². The standard InChI is InChI=1S/C17H11FO4/c18-12-8-6-11(7-9-12)16-13(15(20)17(21)22-16)14(19)10-4-2-1-3-5-10/h1-9,16,19H/t16-/m0/s1. The SMILES string of the molecule is O=C1O[C@@H](c2ccc(F)cc2)C(=C(O)c2ccccc2)C1=O. The number of ketones is 1. The Bertz CT molecular complexity index is 763. The molecule has 1 aliphatic rings. The number of benzene rings is 2. The summed E-state index contributed by atoms with van der Waals surface area (Å²) < 4.78 is 18.0. The Morgan fingerprint density at radius 3 is 2.27 bits per heavy atom. The summed E-state index contributed by atoms with van der Waals surface area (Å²) in [6.07, 6.45) is -1.04. The van der Waals surface area contributed by atoms with E-state index in [1.54, 1.807) is 30.3 Å². The van der Waals surface area contributed by atoms with E-state index in [-0.39, 0.29) is 11.3 Å². The van der Waals surface area contributed by atoms with Crippen LogP contribution in [0.15, 0.2) is 60.2 Å². The van der Waals surface area contributed by atoms with Crippen LogP contribution >= 0.6 is 0 Å². The Morgan fingerprint density at radius 1 is 1.00 bits per heavy atom. The molecule has 110 valence electrons. The van der Waals surface area contributed by atoms with Crippen LogP contribution < -0.4 is 0 Å². The molecule has 1 heterocycles. The van der Waals surface area contributed by atoms with Crippen LogP contribution in [0, 0.1) is 5.82 Å². The Labute approximate surface area is 125 Å². The summed E-state index contributed by atoms with van der Waals surface area (Å²) in [5.41, 5.74) is 0.678. The summed E-state index contributed by atoms with van der Waals surface area (Å²) in [5, 5.41) is 10.3. The number of cyclic esters (lactones) is 1. The van der Waals surface area contributed by atoms with Crippen LogP contribution in [0.25, 0.3) is 5.76 Å². The fourth-order valence-electron chi connectivity index (χ4n) is 2.30. The summed E-state index contributed by atoms with van der Waals surface area (Å²) in [7, 11) is 0. The highest BCUT2D eigenvalue weighted by Crippen LogP contribution is 2.36. The van der Waals surface area contributed by atoms with E-state index >= 15 is 0 Å². The van der Waals surface area contributed by atoms with Crippen molar-refractivity contribution in [3.05, 3.63) is 77.1 Å². The first-order valence-corrected chi connectivity index (χ1v) is 6.57. The zero-order chi connectivity index (χ0) is 15.7. The molecular weight excluding hydrogens is 287 g/mol. The fraction of sp³-hybridized carbons (Fsp3) is 0.0588. The average Bonchev–Trinajstić information content (AvgIpc) is 2.84. The van der Waals surface area contributed by atoms with Gasteiger partial charge >= 0.3 is 5.97 Å². The highest BCUT2D eigenvalue weighted by Gasteiger charge is 2.42. The van der Waals surface area contributed by atoms with E-state index in [9.17, 15) is 19.1 Å². The van der Waals surface area contributed by atoms with Crippen molar-refractivity contribution < 1.29 is 23.8 Å². The first kappa shape index (κ1) is 14.0. The first-order chi connectivity index (χ1) is 10.6. The summed E-state index contributed by atoms with van der Waals surface area (Å²) in [6, 6.07) is 13.6. The number of halogens is 1. The molecule has 0 unspecified atom stereocenters. The Morgan fingerprint density at radius 2 is 1.64 bits per heavy atom. The molecule has 1 atom stereocenters. The molecule has 0 saturated carbocycles. The monoisotopic (exact) mass is 298 g/mol. The molecule has 0 radical (unpaired) electrons. The minimum absolute atomic E-state index is 0.136. The molecule has 0 aliphatic carbocycles. The van der Waals surface area contributed by atoms with Crippen LogP contribution in [0.1, 0.15) is 17.2 Å². The number of hydrogen-bond donors (Lipinski definition) is 1. The molecule has 1 saturated heterocycles. The van der Waals surface area contributed by atoms with Crippen LogP contribution in [0.5, 0.6) is 0 Å². The van der Waals surface area contributed by atoms with Gasteiger partial charge in [0.2, 0.25) is 0 Å². The Balaban J connectivity index is 2.11. The van der Waals surface area contributed by atoms with Gasteiger partial charge in [0.1, 0.15) is 11.6 Å². The highest BCUT2D eigenvalue weighted by molar-refractivity contribution is 6.44. The first-order valence-electron chi connectivity index (χ1n) is 6.57. The molecule has 4 nitrogen and oxygen atoms in total. The van der Waals surface area contributed by atoms with Crippen molar-refractivity contribution in [3.8, 4) is 0 Å². The minimum atomic E-state index is -1.04. The van der Waals surface area contributed by atoms with Crippen LogP contribution in [0.2, 0.25) is 0 Å². The van der Waals surface area contributed by atoms with Gasteiger partial charge in [-0.05, 0) is 17.7 Å². The number of carbonyl (C=O) groups excluding carboxylic acids is 2. The van der Waals surface area contributed by atoms with Crippen LogP contribution in [-0.4, -0.2) is 16.9 Å². The molecule has 0 amide bonds. The minimum Gasteiger partial charge on any atom is -0.507 e. The maximum atomic E-state index is 13.0. The topological polar surface area (TPSA) is 63.6 Å². The number of Topliss-reactive ketones (excluding diaryl/α,β-unsaturated/α-hetero) is 1. The lowest BCUT2D eigenvalue weighted by Crippen LogP contribution is -2.08. The molecule has 5 heteroatoms.